The predicted octanol–water partition coefficient (Wildman–Crippen LogP) is 3.86. The van der Waals surface area contributed by atoms with Crippen molar-refractivity contribution in [2.45, 2.75) is 33.6 Å². The van der Waals surface area contributed by atoms with Gasteiger partial charge >= 0.3 is 0 Å². The third-order valence-corrected chi connectivity index (χ3v) is 6.38. The summed E-state index contributed by atoms with van der Waals surface area (Å²) in [6.45, 7) is 7.31. The van der Waals surface area contributed by atoms with E-state index in [2.05, 4.69) is 31.4 Å². The lowest BCUT2D eigenvalue weighted by Crippen LogP contribution is -2.39. The molecule has 176 valence electrons. The summed E-state index contributed by atoms with van der Waals surface area (Å²) in [4.78, 5) is 29.1. The maximum atomic E-state index is 13.2. The van der Waals surface area contributed by atoms with Crippen LogP contribution in [0.5, 0.6) is 0 Å². The summed E-state index contributed by atoms with van der Waals surface area (Å²) in [5.74, 6) is 1.31. The van der Waals surface area contributed by atoms with Gasteiger partial charge in [0.15, 0.2) is 11.6 Å². The van der Waals surface area contributed by atoms with Crippen LogP contribution in [0.25, 0.3) is 16.7 Å². The molecule has 4 heterocycles. The fourth-order valence-corrected chi connectivity index (χ4v) is 4.57. The number of amides is 1. The molecule has 1 aliphatic rings. The third-order valence-electron chi connectivity index (χ3n) is 6.38. The molecule has 4 aromatic rings. The fraction of sp³-hybridized carbons (Fsp3) is 0.308. The minimum absolute atomic E-state index is 0.123. The van der Waals surface area contributed by atoms with Gasteiger partial charge in [0.05, 0.1) is 11.7 Å². The molecule has 1 N–H and O–H groups in total. The van der Waals surface area contributed by atoms with E-state index in [1.165, 1.54) is 10.9 Å². The summed E-state index contributed by atoms with van der Waals surface area (Å²) >= 11 is 0. The lowest BCUT2D eigenvalue weighted by Gasteiger charge is -2.31. The van der Waals surface area contributed by atoms with E-state index in [-0.39, 0.29) is 11.8 Å². The van der Waals surface area contributed by atoms with Crippen molar-refractivity contribution in [1.29, 1.82) is 5.26 Å². The normalized spacial score (nSPS) is 14.2. The van der Waals surface area contributed by atoms with Crippen molar-refractivity contribution in [2.24, 2.45) is 5.92 Å². The Bertz CT molecular complexity index is 1440. The van der Waals surface area contributed by atoms with Gasteiger partial charge in [-0.05, 0) is 57.4 Å². The first-order valence-electron chi connectivity index (χ1n) is 11.7. The van der Waals surface area contributed by atoms with Gasteiger partial charge in [-0.15, -0.1) is 0 Å². The van der Waals surface area contributed by atoms with Gasteiger partial charge in [0.25, 0.3) is 0 Å². The Balaban J connectivity index is 1.35. The number of benzene rings is 1. The maximum absolute atomic E-state index is 13.2. The van der Waals surface area contributed by atoms with Crippen LogP contribution in [0.2, 0.25) is 0 Å². The van der Waals surface area contributed by atoms with Crippen molar-refractivity contribution in [3.63, 3.8) is 0 Å². The minimum atomic E-state index is -0.182. The van der Waals surface area contributed by atoms with Crippen molar-refractivity contribution >= 4 is 28.6 Å². The molecule has 35 heavy (non-hydrogen) atoms. The molecule has 0 unspecified atom stereocenters. The molecule has 0 atom stereocenters. The molecule has 1 aromatic carbocycles. The molecular formula is C26H26N8O. The smallest absolute Gasteiger partial charge is 0.228 e. The SMILES string of the molecule is Cc1cc(C)nc(N2CCC(C(=O)Nc3c(C#N)cnn3-c3cc(C)c4ccccc4n3)CC2)n1. The van der Waals surface area contributed by atoms with Gasteiger partial charge in [-0.25, -0.2) is 15.0 Å². The van der Waals surface area contributed by atoms with Crippen LogP contribution in [0.4, 0.5) is 11.8 Å². The monoisotopic (exact) mass is 466 g/mol. The number of rotatable bonds is 4. The Hall–Kier alpha value is -4.32. The second-order valence-corrected chi connectivity index (χ2v) is 8.95. The van der Waals surface area contributed by atoms with E-state index in [1.54, 1.807) is 0 Å². The molecule has 1 aliphatic heterocycles. The Labute approximate surface area is 203 Å². The zero-order chi connectivity index (χ0) is 24.5. The number of para-hydroxylation sites is 1. The molecule has 5 rings (SSSR count). The van der Waals surface area contributed by atoms with E-state index < -0.39 is 0 Å². The number of hydrogen-bond donors (Lipinski definition) is 1. The van der Waals surface area contributed by atoms with Crippen LogP contribution in [-0.2, 0) is 4.79 Å². The Morgan fingerprint density at radius 3 is 2.49 bits per heavy atom. The third kappa shape index (κ3) is 4.43. The van der Waals surface area contributed by atoms with Gasteiger partial charge in [-0.2, -0.15) is 15.0 Å². The highest BCUT2D eigenvalue weighted by Gasteiger charge is 2.28. The van der Waals surface area contributed by atoms with Crippen LogP contribution >= 0.6 is 0 Å². The quantitative estimate of drug-likeness (QED) is 0.486. The second kappa shape index (κ2) is 9.14. The lowest BCUT2D eigenvalue weighted by atomic mass is 9.96. The fourth-order valence-electron chi connectivity index (χ4n) is 4.57. The number of nitriles is 1. The molecule has 9 heteroatoms. The molecule has 1 saturated heterocycles. The van der Waals surface area contributed by atoms with E-state index in [0.717, 1.165) is 27.9 Å². The first kappa shape index (κ1) is 22.5. The van der Waals surface area contributed by atoms with Gasteiger partial charge in [0.2, 0.25) is 11.9 Å². The zero-order valence-electron chi connectivity index (χ0n) is 20.0. The van der Waals surface area contributed by atoms with E-state index >= 15 is 0 Å². The number of nitrogens with zero attached hydrogens (tertiary/aromatic N) is 7. The Morgan fingerprint density at radius 2 is 1.77 bits per heavy atom. The second-order valence-electron chi connectivity index (χ2n) is 8.95. The average molecular weight is 467 g/mol. The lowest BCUT2D eigenvalue weighted by molar-refractivity contribution is -0.120. The van der Waals surface area contributed by atoms with Gasteiger partial charge < -0.3 is 10.2 Å². The largest absolute Gasteiger partial charge is 0.341 e. The first-order chi connectivity index (χ1) is 16.9. The summed E-state index contributed by atoms with van der Waals surface area (Å²) in [6, 6.07) is 13.9. The summed E-state index contributed by atoms with van der Waals surface area (Å²) in [5.41, 5.74) is 4.03. The maximum Gasteiger partial charge on any atom is 0.228 e. The van der Waals surface area contributed by atoms with Crippen LogP contribution < -0.4 is 10.2 Å². The molecular weight excluding hydrogens is 440 g/mol. The molecule has 0 aliphatic carbocycles. The summed E-state index contributed by atoms with van der Waals surface area (Å²) in [5, 5.41) is 18.0. The average Bonchev–Trinajstić information content (AvgIpc) is 3.26. The van der Waals surface area contributed by atoms with Crippen molar-refractivity contribution in [3.05, 3.63) is 65.1 Å². The molecule has 9 nitrogen and oxygen atoms in total. The topological polar surface area (TPSA) is 113 Å². The molecule has 1 amide bonds. The Kier molecular flexibility index (Phi) is 5.87. The number of carbonyl (C=O) groups excluding carboxylic acids is 1. The highest BCUT2D eigenvalue weighted by atomic mass is 16.2. The standard InChI is InChI=1S/C26H26N8O/c1-16-12-23(31-22-7-5-4-6-21(16)22)34-24(20(14-27)15-28-34)32-25(35)19-8-10-33(11-9-19)26-29-17(2)13-18(3)30-26/h4-7,12-13,15,19H,8-11H2,1-3H3,(H,32,35). The van der Waals surface area contributed by atoms with Gasteiger partial charge in [-0.1, -0.05) is 18.2 Å². The van der Waals surface area contributed by atoms with Gasteiger partial charge in [0.1, 0.15) is 11.6 Å². The van der Waals surface area contributed by atoms with E-state index in [0.29, 0.717) is 49.1 Å². The number of aryl methyl sites for hydroxylation is 3. The Morgan fingerprint density at radius 1 is 1.06 bits per heavy atom. The number of nitrogens with one attached hydrogen (secondary N) is 1. The van der Waals surface area contributed by atoms with E-state index in [4.69, 9.17) is 4.98 Å². The van der Waals surface area contributed by atoms with Crippen molar-refractivity contribution < 1.29 is 4.79 Å². The number of piperidine rings is 1. The van der Waals surface area contributed by atoms with Crippen LogP contribution in [0.15, 0.2) is 42.6 Å². The van der Waals surface area contributed by atoms with Crippen LogP contribution in [0, 0.1) is 38.0 Å². The van der Waals surface area contributed by atoms with Crippen LogP contribution in [0.1, 0.15) is 35.4 Å². The number of carbonyl (C=O) groups is 1. The number of pyridine rings is 1. The number of fused-ring (bicyclic) bond motifs is 1. The predicted molar refractivity (Wildman–Crippen MR) is 133 cm³/mol. The molecule has 0 radical (unpaired) electrons. The minimum Gasteiger partial charge on any atom is -0.341 e. The highest BCUT2D eigenvalue weighted by molar-refractivity contribution is 5.93. The molecule has 0 spiro atoms. The molecule has 0 bridgehead atoms. The van der Waals surface area contributed by atoms with Crippen LogP contribution in [0.3, 0.4) is 0 Å². The summed E-state index contributed by atoms with van der Waals surface area (Å²) in [6.07, 6.45) is 2.80. The molecule has 0 saturated carbocycles. The highest BCUT2D eigenvalue weighted by Crippen LogP contribution is 2.26. The van der Waals surface area contributed by atoms with Gasteiger partial charge in [0, 0.05) is 35.8 Å². The molecule has 3 aromatic heterocycles. The van der Waals surface area contributed by atoms with Gasteiger partial charge in [-0.3, -0.25) is 4.79 Å². The zero-order valence-corrected chi connectivity index (χ0v) is 20.0. The number of hydrogen-bond acceptors (Lipinski definition) is 7. The number of aromatic nitrogens is 5. The number of anilines is 2. The van der Waals surface area contributed by atoms with E-state index in [1.807, 2.05) is 57.2 Å². The van der Waals surface area contributed by atoms with E-state index in [9.17, 15) is 10.1 Å². The van der Waals surface area contributed by atoms with Crippen molar-refractivity contribution in [2.75, 3.05) is 23.3 Å². The van der Waals surface area contributed by atoms with Crippen molar-refractivity contribution in [1.82, 2.24) is 24.7 Å². The summed E-state index contributed by atoms with van der Waals surface area (Å²) < 4.78 is 1.54. The summed E-state index contributed by atoms with van der Waals surface area (Å²) in [7, 11) is 0. The van der Waals surface area contributed by atoms with Crippen molar-refractivity contribution in [3.8, 4) is 11.9 Å². The molecule has 1 fully saturated rings. The van der Waals surface area contributed by atoms with Crippen LogP contribution in [-0.4, -0.2) is 43.7 Å². The first-order valence-corrected chi connectivity index (χ1v) is 11.7.